The molecule has 0 aliphatic carbocycles. The molecule has 0 heterocycles. The minimum Gasteiger partial charge on any atom is -0.366 e. The van der Waals surface area contributed by atoms with Crippen LogP contribution in [0.5, 0.6) is 0 Å². The molecule has 0 spiro atoms. The second-order valence-electron chi connectivity index (χ2n) is 15.5. The van der Waals surface area contributed by atoms with E-state index in [4.69, 9.17) is 19.3 Å². The third-order valence-corrected chi connectivity index (χ3v) is 9.98. The average Bonchev–Trinajstić information content (AvgIpc) is 3.45. The quantitative estimate of drug-likeness (QED) is 0.105. The topological polar surface area (TPSA) is 0 Å². The summed E-state index contributed by atoms with van der Waals surface area (Å²) in [6.45, 7) is 0. The van der Waals surface area contributed by atoms with E-state index in [1.165, 1.54) is 0 Å². The molecule has 0 unspecified atom stereocenters. The van der Waals surface area contributed by atoms with E-state index in [0.717, 1.165) is 66.8 Å². The van der Waals surface area contributed by atoms with E-state index >= 15 is 0 Å². The molecule has 1 radical (unpaired) electrons. The van der Waals surface area contributed by atoms with Crippen LogP contribution in [0.4, 0.5) is 0 Å². The maximum absolute atomic E-state index is 7.38. The van der Waals surface area contributed by atoms with Crippen LogP contribution in [-0.4, -0.2) is 0 Å². The van der Waals surface area contributed by atoms with Crippen LogP contribution in [0.25, 0.3) is 0 Å². The Bertz CT molecular complexity index is 3180. The fraction of sp³-hybridized carbons (Fsp3) is 0. The van der Waals surface area contributed by atoms with Crippen molar-refractivity contribution >= 4 is 0 Å². The molecule has 0 nitrogen and oxygen atoms in total. The first-order valence-corrected chi connectivity index (χ1v) is 22.7. The first-order valence-electron chi connectivity index (χ1n) is 22.7. The molecule has 0 atom stereocenters. The second-order valence-corrected chi connectivity index (χ2v) is 15.5. The fourth-order valence-corrected chi connectivity index (χ4v) is 6.53. The molecule has 9 rings (SSSR count). The largest absolute Gasteiger partial charge is 3.00 e. The zero-order valence-electron chi connectivity index (χ0n) is 39.3. The van der Waals surface area contributed by atoms with E-state index in [2.05, 4.69) is 88.8 Å². The van der Waals surface area contributed by atoms with Crippen LogP contribution in [0, 0.1) is 145 Å². The number of benzene rings is 9. The number of hydrogen-bond donors (Lipinski definition) is 0. The van der Waals surface area contributed by atoms with E-state index in [1.807, 2.05) is 237 Å². The molecule has 0 N–H and O–H groups in total. The van der Waals surface area contributed by atoms with Gasteiger partial charge in [0.2, 0.25) is 0 Å². The molecule has 0 amide bonds. The summed E-state index contributed by atoms with van der Waals surface area (Å²) in [5, 5.41) is 0. The minimum absolute atomic E-state index is 0. The molecule has 339 valence electrons. The van der Waals surface area contributed by atoms with Crippen LogP contribution in [0.15, 0.2) is 237 Å². The Hall–Kier alpha value is -9.73. The summed E-state index contributed by atoms with van der Waals surface area (Å²) >= 11 is 0. The predicted octanol–water partition coefficient (Wildman–Crippen LogP) is 13.3. The number of hydrogen-bond acceptors (Lipinski definition) is 0. The van der Waals surface area contributed by atoms with Crippen molar-refractivity contribution in [1.82, 2.24) is 0 Å². The van der Waals surface area contributed by atoms with Gasteiger partial charge in [-0.2, -0.15) is 0 Å². The molecule has 0 saturated heterocycles. The minimum atomic E-state index is 0. The molecule has 9 aromatic carbocycles. The van der Waals surface area contributed by atoms with Gasteiger partial charge in [0.05, 0.1) is 0 Å². The van der Waals surface area contributed by atoms with Gasteiger partial charge in [-0.05, 0) is 91.0 Å². The van der Waals surface area contributed by atoms with Crippen LogP contribution < -0.4 is 0 Å². The third kappa shape index (κ3) is 18.6. The molecule has 73 heavy (non-hydrogen) atoms. The Morgan fingerprint density at radius 1 is 0.164 bits per heavy atom. The Morgan fingerprint density at radius 2 is 0.288 bits per heavy atom. The summed E-state index contributed by atoms with van der Waals surface area (Å²) in [7, 11) is 0. The predicted molar refractivity (Wildman–Crippen MR) is 293 cm³/mol. The zero-order valence-corrected chi connectivity index (χ0v) is 41.2. The Labute approximate surface area is 461 Å². The molecule has 0 fully saturated rings. The van der Waals surface area contributed by atoms with Gasteiger partial charge in [-0.1, -0.05) is 180 Å². The first-order chi connectivity index (χ1) is 35.5. The van der Waals surface area contributed by atoms with E-state index in [9.17, 15) is 0 Å². The van der Waals surface area contributed by atoms with Crippen molar-refractivity contribution < 1.29 is 37.3 Å². The van der Waals surface area contributed by atoms with Gasteiger partial charge in [0.1, 0.15) is 0 Å². The van der Waals surface area contributed by atoms with E-state index in [1.54, 1.807) is 0 Å². The van der Waals surface area contributed by atoms with Crippen molar-refractivity contribution in [2.45, 2.75) is 0 Å². The maximum Gasteiger partial charge on any atom is 3.00 e. The Morgan fingerprint density at radius 3 is 0.425 bits per heavy atom. The fourth-order valence-electron chi connectivity index (χ4n) is 6.53. The van der Waals surface area contributed by atoms with Gasteiger partial charge in [0, 0.05) is 66.8 Å². The van der Waals surface area contributed by atoms with Gasteiger partial charge in [-0.15, -0.1) is 53.1 Å². The zero-order chi connectivity index (χ0) is 49.8. The van der Waals surface area contributed by atoms with Gasteiger partial charge in [0.25, 0.3) is 0 Å². The van der Waals surface area contributed by atoms with E-state index < -0.39 is 0 Å². The van der Waals surface area contributed by atoms with E-state index in [0.29, 0.717) is 16.7 Å². The van der Waals surface area contributed by atoms with Crippen LogP contribution in [0.3, 0.4) is 0 Å². The monoisotopic (exact) mass is 1070 g/mol. The third-order valence-electron chi connectivity index (χ3n) is 9.98. The molecule has 1 heteroatoms. The van der Waals surface area contributed by atoms with Crippen LogP contribution in [0.2, 0.25) is 0 Å². The van der Waals surface area contributed by atoms with Crippen molar-refractivity contribution in [2.75, 3.05) is 0 Å². The van der Waals surface area contributed by atoms with Gasteiger partial charge in [-0.3, -0.25) is 17.8 Å². The second kappa shape index (κ2) is 29.3. The molecule has 0 saturated carbocycles. The van der Waals surface area contributed by atoms with Gasteiger partial charge >= 0.3 is 37.3 Å². The van der Waals surface area contributed by atoms with Crippen molar-refractivity contribution in [3.63, 3.8) is 0 Å². The molecular weight excluding hydrogens is 1030 g/mol. The summed E-state index contributed by atoms with van der Waals surface area (Å²) < 4.78 is 0. The SMILES string of the molecule is [C-]#Cc1cc(C#Cc2ccccc2)cc(C#Cc2ccccc2)c1.[C-]#Cc1cc(C#Cc2ccccc2)cc(C#Cc2ccccc2)c1.[C-]#Cc1cc(C#Cc2ccccc2)cc(C#Cc2ccccc2)c1.[Er+3]. The molecule has 0 aliphatic heterocycles. The standard InChI is InChI=1S/3C24H13.Er/c3*1-2-20-17-23(15-13-21-9-5-3-6-10-21)19-24(18-20)16-14-22-11-7-4-8-12-22;/h3*3-12,17-19H;/q3*-1;+3. The summed E-state index contributed by atoms with van der Waals surface area (Å²) in [6, 6.07) is 75.8. The summed E-state index contributed by atoms with van der Waals surface area (Å²) in [5.41, 5.74) is 12.7. The van der Waals surface area contributed by atoms with Crippen molar-refractivity contribution in [3.8, 4) is 88.8 Å². The molecule has 0 aliphatic rings. The summed E-state index contributed by atoms with van der Waals surface area (Å²) in [6.07, 6.45) is 22.1. The molecule has 9 aromatic rings. The smallest absolute Gasteiger partial charge is 0.366 e. The number of rotatable bonds is 0. The van der Waals surface area contributed by atoms with Gasteiger partial charge in [0.15, 0.2) is 0 Å². The van der Waals surface area contributed by atoms with Gasteiger partial charge in [-0.25, -0.2) is 0 Å². The van der Waals surface area contributed by atoms with Crippen LogP contribution in [-0.2, 0) is 0 Å². The molecule has 0 bridgehead atoms. The Kier molecular flexibility index (Phi) is 21.1. The summed E-state index contributed by atoms with van der Waals surface area (Å²) in [4.78, 5) is 0. The van der Waals surface area contributed by atoms with E-state index in [-0.39, 0.29) is 37.3 Å². The van der Waals surface area contributed by atoms with Crippen molar-refractivity contribution in [2.24, 2.45) is 0 Å². The van der Waals surface area contributed by atoms with Crippen molar-refractivity contribution in [3.05, 3.63) is 339 Å². The van der Waals surface area contributed by atoms with Gasteiger partial charge < -0.3 is 19.3 Å². The first kappa shape index (κ1) is 52.6. The maximum atomic E-state index is 7.38. The summed E-state index contributed by atoms with van der Waals surface area (Å²) in [5.74, 6) is 44.8. The average molecular weight is 1070 g/mol. The van der Waals surface area contributed by atoms with Crippen LogP contribution >= 0.6 is 0 Å². The molecule has 0 aromatic heterocycles. The van der Waals surface area contributed by atoms with Crippen LogP contribution in [0.1, 0.15) is 83.5 Å². The Balaban J connectivity index is 0.000000177. The molecular formula is C72H39Er. The normalized spacial score (nSPS) is 8.84. The van der Waals surface area contributed by atoms with Crippen molar-refractivity contribution in [1.29, 1.82) is 0 Å².